The average Bonchev–Trinajstić information content (AvgIpc) is 2.40. The molecule has 0 atom stereocenters. The highest BCUT2D eigenvalue weighted by Crippen LogP contribution is 2.23. The molecule has 3 heteroatoms. The molecule has 1 aromatic rings. The number of rotatable bonds is 4. The molecule has 0 aliphatic carbocycles. The van der Waals surface area contributed by atoms with Gasteiger partial charge in [0.05, 0.1) is 13.2 Å². The molecular weight excluding hydrogens is 236 g/mol. The Balaban J connectivity index is 2.02. The Labute approximate surface area is 117 Å². The van der Waals surface area contributed by atoms with Gasteiger partial charge in [0.1, 0.15) is 0 Å². The lowest BCUT2D eigenvalue weighted by Gasteiger charge is -2.41. The number of nitrogens with zero attached hydrogens (tertiary/aromatic N) is 2. The van der Waals surface area contributed by atoms with Crippen LogP contribution in [0.1, 0.15) is 19.4 Å². The fraction of sp³-hybridized carbons (Fsp3) is 0.625. The molecule has 0 radical (unpaired) electrons. The van der Waals surface area contributed by atoms with Crippen molar-refractivity contribution in [2.24, 2.45) is 0 Å². The van der Waals surface area contributed by atoms with Crippen LogP contribution in [0.4, 0.5) is 5.69 Å². The molecule has 0 aromatic heterocycles. The van der Waals surface area contributed by atoms with Crippen molar-refractivity contribution in [2.45, 2.75) is 25.8 Å². The second-order valence-corrected chi connectivity index (χ2v) is 6.15. The molecule has 106 valence electrons. The highest BCUT2D eigenvalue weighted by molar-refractivity contribution is 5.46. The standard InChI is InChI=1S/C16H26N2O/c1-16(2,18-9-11-19-12-10-18)13-14-5-7-15(8-6-14)17(3)4/h5-8H,9-13H2,1-4H3. The lowest BCUT2D eigenvalue weighted by Crippen LogP contribution is -2.51. The molecule has 1 aromatic carbocycles. The smallest absolute Gasteiger partial charge is 0.0594 e. The van der Waals surface area contributed by atoms with E-state index in [1.165, 1.54) is 11.3 Å². The van der Waals surface area contributed by atoms with Crippen molar-refractivity contribution in [1.82, 2.24) is 4.90 Å². The normalized spacial score (nSPS) is 17.5. The predicted octanol–water partition coefficient (Wildman–Crippen LogP) is 2.41. The predicted molar refractivity (Wildman–Crippen MR) is 80.9 cm³/mol. The molecule has 0 saturated carbocycles. The van der Waals surface area contributed by atoms with Gasteiger partial charge in [-0.15, -0.1) is 0 Å². The second kappa shape index (κ2) is 5.93. The van der Waals surface area contributed by atoms with Crippen molar-refractivity contribution in [2.75, 3.05) is 45.3 Å². The van der Waals surface area contributed by atoms with Crippen LogP contribution in [0.3, 0.4) is 0 Å². The van der Waals surface area contributed by atoms with Crippen molar-refractivity contribution in [3.8, 4) is 0 Å². The minimum atomic E-state index is 0.198. The van der Waals surface area contributed by atoms with Crippen LogP contribution < -0.4 is 4.90 Å². The van der Waals surface area contributed by atoms with E-state index in [0.717, 1.165) is 32.7 Å². The second-order valence-electron chi connectivity index (χ2n) is 6.15. The van der Waals surface area contributed by atoms with Crippen molar-refractivity contribution in [1.29, 1.82) is 0 Å². The van der Waals surface area contributed by atoms with Gasteiger partial charge >= 0.3 is 0 Å². The Morgan fingerprint density at radius 2 is 1.68 bits per heavy atom. The third kappa shape index (κ3) is 3.71. The van der Waals surface area contributed by atoms with Gasteiger partial charge in [-0.25, -0.2) is 0 Å². The zero-order chi connectivity index (χ0) is 13.9. The molecule has 1 aliphatic heterocycles. The Bertz CT molecular complexity index is 392. The van der Waals surface area contributed by atoms with Gasteiger partial charge in [0.2, 0.25) is 0 Å². The fourth-order valence-electron chi connectivity index (χ4n) is 2.69. The molecule has 1 saturated heterocycles. The van der Waals surface area contributed by atoms with Gasteiger partial charge in [-0.1, -0.05) is 12.1 Å². The maximum absolute atomic E-state index is 5.44. The van der Waals surface area contributed by atoms with E-state index in [9.17, 15) is 0 Å². The molecule has 0 spiro atoms. The third-order valence-corrected chi connectivity index (χ3v) is 3.96. The number of morpholine rings is 1. The monoisotopic (exact) mass is 262 g/mol. The lowest BCUT2D eigenvalue weighted by molar-refractivity contribution is -0.00984. The zero-order valence-corrected chi connectivity index (χ0v) is 12.6. The number of benzene rings is 1. The summed E-state index contributed by atoms with van der Waals surface area (Å²) in [5.41, 5.74) is 2.86. The summed E-state index contributed by atoms with van der Waals surface area (Å²) >= 11 is 0. The Kier molecular flexibility index (Phi) is 4.48. The van der Waals surface area contributed by atoms with Gasteiger partial charge in [-0.2, -0.15) is 0 Å². The molecule has 1 aliphatic rings. The molecule has 19 heavy (non-hydrogen) atoms. The molecule has 1 heterocycles. The van der Waals surface area contributed by atoms with E-state index >= 15 is 0 Å². The van der Waals surface area contributed by atoms with Crippen LogP contribution in [-0.2, 0) is 11.2 Å². The fourth-order valence-corrected chi connectivity index (χ4v) is 2.69. The number of hydrogen-bond acceptors (Lipinski definition) is 3. The maximum atomic E-state index is 5.44. The van der Waals surface area contributed by atoms with Gasteiger partial charge in [-0.3, -0.25) is 4.90 Å². The summed E-state index contributed by atoms with van der Waals surface area (Å²) < 4.78 is 5.44. The SMILES string of the molecule is CN(C)c1ccc(CC(C)(C)N2CCOCC2)cc1. The molecule has 0 amide bonds. The van der Waals surface area contributed by atoms with Crippen molar-refractivity contribution in [3.05, 3.63) is 29.8 Å². The molecule has 3 nitrogen and oxygen atoms in total. The van der Waals surface area contributed by atoms with Crippen LogP contribution >= 0.6 is 0 Å². The molecular formula is C16H26N2O. The topological polar surface area (TPSA) is 15.7 Å². The number of anilines is 1. The van der Waals surface area contributed by atoms with Crippen LogP contribution in [0.2, 0.25) is 0 Å². The van der Waals surface area contributed by atoms with E-state index in [2.05, 4.69) is 62.0 Å². The Morgan fingerprint density at radius 3 is 2.21 bits per heavy atom. The van der Waals surface area contributed by atoms with Gasteiger partial charge in [0.25, 0.3) is 0 Å². The first kappa shape index (κ1) is 14.4. The molecule has 0 bridgehead atoms. The first-order valence-corrected chi connectivity index (χ1v) is 7.08. The van der Waals surface area contributed by atoms with Crippen molar-refractivity contribution in [3.63, 3.8) is 0 Å². The van der Waals surface area contributed by atoms with E-state index < -0.39 is 0 Å². The average molecular weight is 262 g/mol. The molecule has 0 N–H and O–H groups in total. The lowest BCUT2D eigenvalue weighted by atomic mass is 9.92. The summed E-state index contributed by atoms with van der Waals surface area (Å²) in [4.78, 5) is 4.67. The first-order valence-electron chi connectivity index (χ1n) is 7.08. The van der Waals surface area contributed by atoms with E-state index in [4.69, 9.17) is 4.74 Å². The first-order chi connectivity index (χ1) is 8.99. The minimum Gasteiger partial charge on any atom is -0.379 e. The van der Waals surface area contributed by atoms with E-state index in [1.54, 1.807) is 0 Å². The van der Waals surface area contributed by atoms with Crippen LogP contribution in [0.25, 0.3) is 0 Å². The summed E-state index contributed by atoms with van der Waals surface area (Å²) in [6, 6.07) is 8.89. The quantitative estimate of drug-likeness (QED) is 0.829. The summed E-state index contributed by atoms with van der Waals surface area (Å²) in [6.45, 7) is 8.48. The summed E-state index contributed by atoms with van der Waals surface area (Å²) in [5.74, 6) is 0. The zero-order valence-electron chi connectivity index (χ0n) is 12.6. The van der Waals surface area contributed by atoms with Crippen LogP contribution in [0.5, 0.6) is 0 Å². The van der Waals surface area contributed by atoms with Gasteiger partial charge in [0.15, 0.2) is 0 Å². The van der Waals surface area contributed by atoms with Gasteiger partial charge < -0.3 is 9.64 Å². The molecule has 2 rings (SSSR count). The van der Waals surface area contributed by atoms with E-state index in [0.29, 0.717) is 0 Å². The van der Waals surface area contributed by atoms with Crippen molar-refractivity contribution >= 4 is 5.69 Å². The summed E-state index contributed by atoms with van der Waals surface area (Å²) in [7, 11) is 4.15. The van der Waals surface area contributed by atoms with E-state index in [-0.39, 0.29) is 5.54 Å². The van der Waals surface area contributed by atoms with Gasteiger partial charge in [-0.05, 0) is 38.0 Å². The largest absolute Gasteiger partial charge is 0.379 e. The van der Waals surface area contributed by atoms with Crippen LogP contribution in [-0.4, -0.2) is 50.8 Å². The molecule has 1 fully saturated rings. The highest BCUT2D eigenvalue weighted by Gasteiger charge is 2.28. The van der Waals surface area contributed by atoms with Crippen LogP contribution in [0, 0.1) is 0 Å². The van der Waals surface area contributed by atoms with Crippen LogP contribution in [0.15, 0.2) is 24.3 Å². The van der Waals surface area contributed by atoms with Gasteiger partial charge in [0, 0.05) is 38.4 Å². The van der Waals surface area contributed by atoms with Crippen molar-refractivity contribution < 1.29 is 4.74 Å². The number of hydrogen-bond donors (Lipinski definition) is 0. The minimum absolute atomic E-state index is 0.198. The van der Waals surface area contributed by atoms with E-state index in [1.807, 2.05) is 0 Å². The summed E-state index contributed by atoms with van der Waals surface area (Å²) in [5, 5.41) is 0. The maximum Gasteiger partial charge on any atom is 0.0594 e. The molecule has 0 unspecified atom stereocenters. The summed E-state index contributed by atoms with van der Waals surface area (Å²) in [6.07, 6.45) is 1.08. The Hall–Kier alpha value is -1.06. The Morgan fingerprint density at radius 1 is 1.11 bits per heavy atom. The highest BCUT2D eigenvalue weighted by atomic mass is 16.5. The third-order valence-electron chi connectivity index (χ3n) is 3.96. The number of ether oxygens (including phenoxy) is 1.